The minimum absolute atomic E-state index is 0.604. The fraction of sp³-hybridized carbons (Fsp3) is 1.00. The molecule has 4 nitrogen and oxygen atoms in total. The molecule has 10 heavy (non-hydrogen) atoms. The van der Waals surface area contributed by atoms with Crippen LogP contribution in [0.5, 0.6) is 0 Å². The van der Waals surface area contributed by atoms with Crippen LogP contribution < -0.4 is 5.90 Å². The first-order chi connectivity index (χ1) is 4.68. The summed E-state index contributed by atoms with van der Waals surface area (Å²) in [4.78, 5) is 6.32. The maximum absolute atomic E-state index is 4.75. The molecule has 0 aromatic carbocycles. The van der Waals surface area contributed by atoms with Gasteiger partial charge in [0.1, 0.15) is 0 Å². The zero-order chi connectivity index (χ0) is 8.41. The van der Waals surface area contributed by atoms with Crippen molar-refractivity contribution in [1.29, 1.82) is 0 Å². The van der Waals surface area contributed by atoms with Gasteiger partial charge in [-0.3, -0.25) is 0 Å². The van der Waals surface area contributed by atoms with Gasteiger partial charge in [-0.2, -0.15) is 3.84 Å². The summed E-state index contributed by atoms with van der Waals surface area (Å²) in [5.74, 6) is 4.75. The Morgan fingerprint density at radius 1 is 1.40 bits per heavy atom. The summed E-state index contributed by atoms with van der Waals surface area (Å²) in [5.41, 5.74) is 0. The van der Waals surface area contributed by atoms with Crippen LogP contribution in [0.4, 0.5) is 0 Å². The van der Waals surface area contributed by atoms with Crippen molar-refractivity contribution < 1.29 is 8.68 Å². The van der Waals surface area contributed by atoms with Crippen molar-refractivity contribution in [3.8, 4) is 0 Å². The Morgan fingerprint density at radius 2 is 1.80 bits per heavy atom. The lowest BCUT2D eigenvalue weighted by Crippen LogP contribution is -2.19. The van der Waals surface area contributed by atoms with Crippen molar-refractivity contribution in [2.45, 2.75) is 0 Å². The van der Waals surface area contributed by atoms with Gasteiger partial charge in [-0.1, -0.05) is 0 Å². The van der Waals surface area contributed by atoms with Gasteiger partial charge in [-0.05, 0) is 14.1 Å². The molecule has 0 rings (SSSR count). The van der Waals surface area contributed by atoms with E-state index in [2.05, 4.69) is 32.4 Å². The van der Waals surface area contributed by atoms with E-state index in [1.807, 2.05) is 19.0 Å². The second-order valence-electron chi connectivity index (χ2n) is 1.73. The number of nitrogens with two attached hydrogens (primary N) is 1. The monoisotopic (exact) mass is 190 g/mol. The minimum Gasteiger partial charge on any atom is -0.307 e. The molecule has 64 valence electrons. The maximum Gasteiger partial charge on any atom is 0.0832 e. The summed E-state index contributed by atoms with van der Waals surface area (Å²) in [6, 6.07) is 0. The van der Waals surface area contributed by atoms with E-state index in [0.717, 1.165) is 6.54 Å². The van der Waals surface area contributed by atoms with Crippen LogP contribution in [0.3, 0.4) is 0 Å². The number of likely N-dealkylation sites (N-methyl/N-ethyl adjacent to an activating group) is 1. The molecule has 0 fully saturated rings. The highest BCUT2D eigenvalue weighted by molar-refractivity contribution is 6.24. The number of hydrogen-bond donors (Lipinski definition) is 1. The van der Waals surface area contributed by atoms with Crippen molar-refractivity contribution in [2.75, 3.05) is 27.2 Å². The molecule has 0 amide bonds. The minimum atomic E-state index is 0.604. The van der Waals surface area contributed by atoms with E-state index < -0.39 is 0 Å². The predicted octanol–water partition coefficient (Wildman–Crippen LogP) is 0.749. The Bertz CT molecular complexity index is 56.5. The summed E-state index contributed by atoms with van der Waals surface area (Å²) in [5, 5.41) is 0. The first-order valence-corrected chi connectivity index (χ1v) is 3.16. The van der Waals surface area contributed by atoms with Crippen LogP contribution in [0.2, 0.25) is 0 Å². The van der Waals surface area contributed by atoms with Gasteiger partial charge in [0, 0.05) is 6.54 Å². The summed E-state index contributed by atoms with van der Waals surface area (Å²) >= 11 is 8.53. The van der Waals surface area contributed by atoms with Gasteiger partial charge in [0.05, 0.1) is 30.3 Å². The summed E-state index contributed by atoms with van der Waals surface area (Å²) in [6.07, 6.45) is 0. The Kier molecular flexibility index (Phi) is 15.8. The standard InChI is InChI=1S/C4H12N2O.Cl2O/c1-6(2)3-4-7-5;1-3-2/h3-5H2,1-2H3;. The van der Waals surface area contributed by atoms with Gasteiger partial charge < -0.3 is 9.74 Å². The predicted molar refractivity (Wildman–Crippen MR) is 41.5 cm³/mol. The molecule has 0 aromatic rings. The van der Waals surface area contributed by atoms with E-state index in [4.69, 9.17) is 5.90 Å². The van der Waals surface area contributed by atoms with Gasteiger partial charge in [0.2, 0.25) is 0 Å². The lowest BCUT2D eigenvalue weighted by Gasteiger charge is -2.05. The molecule has 0 unspecified atom stereocenters. The number of nitrogens with zero attached hydrogens (tertiary/aromatic N) is 1. The Morgan fingerprint density at radius 3 is 1.90 bits per heavy atom. The fourth-order valence-electron chi connectivity index (χ4n) is 0.235. The molecule has 0 aliphatic carbocycles. The second-order valence-corrected chi connectivity index (χ2v) is 2.20. The summed E-state index contributed by atoms with van der Waals surface area (Å²) in [6.45, 7) is 1.49. The van der Waals surface area contributed by atoms with Crippen molar-refractivity contribution in [3.63, 3.8) is 0 Å². The van der Waals surface area contributed by atoms with Crippen LogP contribution in [-0.4, -0.2) is 32.1 Å². The van der Waals surface area contributed by atoms with Crippen LogP contribution in [0.1, 0.15) is 0 Å². The molecule has 0 saturated heterocycles. The second kappa shape index (κ2) is 12.1. The lowest BCUT2D eigenvalue weighted by molar-refractivity contribution is 0.120. The van der Waals surface area contributed by atoms with Crippen LogP contribution in [0.25, 0.3) is 0 Å². The van der Waals surface area contributed by atoms with Crippen molar-refractivity contribution in [3.05, 3.63) is 0 Å². The molecule has 0 aliphatic rings. The third kappa shape index (κ3) is 23.7. The Balaban J connectivity index is 0. The van der Waals surface area contributed by atoms with E-state index in [-0.39, 0.29) is 0 Å². The Hall–Kier alpha value is 0.420. The molecule has 0 bridgehead atoms. The summed E-state index contributed by atoms with van der Waals surface area (Å²) < 4.78 is 3.19. The quantitative estimate of drug-likeness (QED) is 0.668. The van der Waals surface area contributed by atoms with Gasteiger partial charge in [-0.25, -0.2) is 5.90 Å². The van der Waals surface area contributed by atoms with Gasteiger partial charge >= 0.3 is 0 Å². The smallest absolute Gasteiger partial charge is 0.0832 e. The molecule has 0 aliphatic heterocycles. The summed E-state index contributed by atoms with van der Waals surface area (Å²) in [7, 11) is 3.94. The number of rotatable bonds is 3. The van der Waals surface area contributed by atoms with E-state index in [0.29, 0.717) is 6.61 Å². The lowest BCUT2D eigenvalue weighted by atomic mass is 10.6. The maximum atomic E-state index is 4.75. The van der Waals surface area contributed by atoms with Crippen molar-refractivity contribution >= 4 is 23.7 Å². The average molecular weight is 191 g/mol. The van der Waals surface area contributed by atoms with E-state index in [9.17, 15) is 0 Å². The number of halogens is 2. The van der Waals surface area contributed by atoms with E-state index in [1.54, 1.807) is 0 Å². The SMILES string of the molecule is CN(C)CCON.ClOCl. The normalized spacial score (nSPS) is 9.00. The molecule has 0 heterocycles. The van der Waals surface area contributed by atoms with Gasteiger partial charge in [-0.15, -0.1) is 0 Å². The van der Waals surface area contributed by atoms with E-state index >= 15 is 0 Å². The van der Waals surface area contributed by atoms with Gasteiger partial charge in [0.25, 0.3) is 0 Å². The third-order valence-corrected chi connectivity index (χ3v) is 0.656. The molecule has 0 atom stereocenters. The molecular weight excluding hydrogens is 179 g/mol. The highest BCUT2D eigenvalue weighted by Crippen LogP contribution is 1.78. The fourth-order valence-corrected chi connectivity index (χ4v) is 0.235. The van der Waals surface area contributed by atoms with Gasteiger partial charge in [0.15, 0.2) is 0 Å². The molecule has 0 spiro atoms. The highest BCUT2D eigenvalue weighted by Gasteiger charge is 1.84. The first-order valence-electron chi connectivity index (χ1n) is 2.54. The van der Waals surface area contributed by atoms with Crippen molar-refractivity contribution in [1.82, 2.24) is 4.90 Å². The Labute approximate surface area is 71.1 Å². The first kappa shape index (κ1) is 13.0. The molecule has 0 aromatic heterocycles. The topological polar surface area (TPSA) is 47.7 Å². The van der Waals surface area contributed by atoms with Crippen LogP contribution in [0, 0.1) is 0 Å². The van der Waals surface area contributed by atoms with Crippen molar-refractivity contribution in [2.24, 2.45) is 5.90 Å². The van der Waals surface area contributed by atoms with Crippen LogP contribution >= 0.6 is 23.7 Å². The third-order valence-electron chi connectivity index (χ3n) is 0.656. The largest absolute Gasteiger partial charge is 0.307 e. The van der Waals surface area contributed by atoms with Crippen LogP contribution in [0.15, 0.2) is 0 Å². The average Bonchev–Trinajstić information content (AvgIpc) is 1.85. The zero-order valence-electron chi connectivity index (χ0n) is 6.01. The molecule has 6 heteroatoms. The number of hydrogen-bond acceptors (Lipinski definition) is 4. The molecule has 0 saturated carbocycles. The molecular formula is C4H12Cl2N2O2. The zero-order valence-corrected chi connectivity index (χ0v) is 7.52. The highest BCUT2D eigenvalue weighted by atomic mass is 35.6. The molecule has 2 N–H and O–H groups in total. The molecule has 0 radical (unpaired) electrons. The van der Waals surface area contributed by atoms with Crippen LogP contribution in [-0.2, 0) is 8.68 Å². The van der Waals surface area contributed by atoms with E-state index in [1.165, 1.54) is 0 Å².